The number of hydrogen-bond donors (Lipinski definition) is 1. The summed E-state index contributed by atoms with van der Waals surface area (Å²) in [6, 6.07) is 0. The van der Waals surface area contributed by atoms with E-state index in [9.17, 15) is 33.9 Å². The fraction of sp³-hybridized carbons (Fsp3) is 0.733. The van der Waals surface area contributed by atoms with Crippen molar-refractivity contribution in [2.75, 3.05) is 19.8 Å². The highest BCUT2D eigenvalue weighted by atomic mass is 16.8. The zero-order chi connectivity index (χ0) is 35.3. The van der Waals surface area contributed by atoms with E-state index in [2.05, 4.69) is 6.58 Å². The molecular weight excluding hydrogens is 632 g/mol. The maximum absolute atomic E-state index is 12.4. The van der Waals surface area contributed by atoms with E-state index in [4.69, 9.17) is 47.4 Å². The molecule has 17 nitrogen and oxygen atoms in total. The zero-order valence-corrected chi connectivity index (χ0v) is 27.3. The van der Waals surface area contributed by atoms with Crippen LogP contribution in [0.1, 0.15) is 60.8 Å². The number of carbonyl (C=O) groups is 6. The van der Waals surface area contributed by atoms with Gasteiger partial charge in [0, 0.05) is 48.1 Å². The molecule has 10 atom stereocenters. The van der Waals surface area contributed by atoms with E-state index in [0.717, 1.165) is 54.4 Å². The van der Waals surface area contributed by atoms with Gasteiger partial charge in [-0.3, -0.25) is 28.8 Å². The van der Waals surface area contributed by atoms with E-state index >= 15 is 0 Å². The van der Waals surface area contributed by atoms with Crippen LogP contribution in [-0.4, -0.2) is 122 Å². The zero-order valence-electron chi connectivity index (χ0n) is 27.3. The predicted octanol–water partition coefficient (Wildman–Crippen LogP) is 0.408. The van der Waals surface area contributed by atoms with Gasteiger partial charge in [0.15, 0.2) is 37.0 Å². The van der Waals surface area contributed by atoms with Crippen molar-refractivity contribution in [3.8, 4) is 0 Å². The summed E-state index contributed by atoms with van der Waals surface area (Å²) in [5.74, 6) is -4.80. The Morgan fingerprint density at radius 2 is 1.09 bits per heavy atom. The molecule has 0 aromatic heterocycles. The lowest BCUT2D eigenvalue weighted by Gasteiger charge is -2.48. The normalized spacial score (nSPS) is 30.3. The van der Waals surface area contributed by atoms with E-state index < -0.39 is 110 Å². The Morgan fingerprint density at radius 3 is 1.60 bits per heavy atom. The lowest BCUT2D eigenvalue weighted by molar-refractivity contribution is -0.361. The number of esters is 6. The molecule has 0 aromatic carbocycles. The second kappa shape index (κ2) is 19.2. The van der Waals surface area contributed by atoms with Crippen LogP contribution >= 0.6 is 0 Å². The van der Waals surface area contributed by atoms with Crippen LogP contribution in [0.15, 0.2) is 12.7 Å². The largest absolute Gasteiger partial charge is 0.463 e. The Labute approximate surface area is 272 Å². The average molecular weight is 677 g/mol. The van der Waals surface area contributed by atoms with Gasteiger partial charge in [0.1, 0.15) is 37.6 Å². The van der Waals surface area contributed by atoms with Crippen LogP contribution in [0.5, 0.6) is 0 Å². The van der Waals surface area contributed by atoms with Crippen LogP contribution in [0.25, 0.3) is 0 Å². The molecule has 0 aliphatic carbocycles. The summed E-state index contributed by atoms with van der Waals surface area (Å²) in [6.45, 7) is 9.33. The molecule has 47 heavy (non-hydrogen) atoms. The standard InChI is InChI=1S/C30H44O17/c1-8-9-10-11-12-38-29-28(44-20(7)36)26(42-18(5)34)24(22(46-29)14-40-16(3)32)47-30-27(43-19(6)35)25(41-17(4)33)23(37)21(45-30)13-39-15(2)31/h8,21-30,37H,1,9-14H2,2-7H3/t21-,22-,23+,24-,25+,26+,27-,28-,29-,30+/m1/s1. The molecule has 0 aromatic rings. The number of unbranched alkanes of at least 4 members (excludes halogenated alkanes) is 2. The number of ether oxygens (including phenoxy) is 10. The molecule has 0 radical (unpaired) electrons. The van der Waals surface area contributed by atoms with Crippen molar-refractivity contribution in [2.24, 2.45) is 0 Å². The van der Waals surface area contributed by atoms with E-state index in [1.54, 1.807) is 6.08 Å². The molecule has 2 rings (SSSR count). The van der Waals surface area contributed by atoms with E-state index in [-0.39, 0.29) is 6.61 Å². The number of carbonyl (C=O) groups excluding carboxylic acids is 6. The van der Waals surface area contributed by atoms with Gasteiger partial charge in [-0.2, -0.15) is 0 Å². The summed E-state index contributed by atoms with van der Waals surface area (Å²) in [4.78, 5) is 72.2. The van der Waals surface area contributed by atoms with Crippen LogP contribution in [0, 0.1) is 0 Å². The highest BCUT2D eigenvalue weighted by molar-refractivity contribution is 5.68. The summed E-state index contributed by atoms with van der Waals surface area (Å²) in [7, 11) is 0. The van der Waals surface area contributed by atoms with Crippen LogP contribution in [0.3, 0.4) is 0 Å². The Kier molecular flexibility index (Phi) is 16.2. The number of aliphatic hydroxyl groups excluding tert-OH is 1. The van der Waals surface area contributed by atoms with E-state index in [0.29, 0.717) is 6.42 Å². The molecule has 0 saturated carbocycles. The maximum Gasteiger partial charge on any atom is 0.303 e. The quantitative estimate of drug-likeness (QED) is 0.101. The molecule has 0 amide bonds. The number of rotatable bonds is 16. The fourth-order valence-electron chi connectivity index (χ4n) is 4.88. The molecule has 0 unspecified atom stereocenters. The third-order valence-electron chi connectivity index (χ3n) is 6.70. The predicted molar refractivity (Wildman–Crippen MR) is 154 cm³/mol. The maximum atomic E-state index is 12.4. The van der Waals surface area contributed by atoms with E-state index in [1.807, 2.05) is 0 Å². The van der Waals surface area contributed by atoms with E-state index in [1.165, 1.54) is 0 Å². The van der Waals surface area contributed by atoms with Gasteiger partial charge in [-0.05, 0) is 19.3 Å². The van der Waals surface area contributed by atoms with Crippen LogP contribution in [0.2, 0.25) is 0 Å². The number of aliphatic hydroxyl groups is 1. The monoisotopic (exact) mass is 676 g/mol. The van der Waals surface area contributed by atoms with Crippen molar-refractivity contribution in [3.63, 3.8) is 0 Å². The SMILES string of the molecule is C=CCCCCO[C@@H]1O[C@H](COC(C)=O)[C@@H](O[C@@H]2O[C@H](COC(C)=O)[C@H](O)[C@H](OC(C)=O)[C@H]2OC(C)=O)[C@H](OC(C)=O)[C@H]1OC(C)=O. The minimum absolute atomic E-state index is 0.134. The Morgan fingerprint density at radius 1 is 0.617 bits per heavy atom. The van der Waals surface area contributed by atoms with Crippen molar-refractivity contribution in [3.05, 3.63) is 12.7 Å². The lowest BCUT2D eigenvalue weighted by atomic mass is 9.96. The fourth-order valence-corrected chi connectivity index (χ4v) is 4.88. The third kappa shape index (κ3) is 12.8. The number of allylic oxidation sites excluding steroid dienone is 1. The Bertz CT molecular complexity index is 1110. The van der Waals surface area contributed by atoms with Crippen molar-refractivity contribution in [1.82, 2.24) is 0 Å². The van der Waals surface area contributed by atoms with Gasteiger partial charge in [0.05, 0.1) is 0 Å². The summed E-state index contributed by atoms with van der Waals surface area (Å²) in [5, 5.41) is 11.0. The Hall–Kier alpha value is -3.64. The first-order chi connectivity index (χ1) is 22.1. The van der Waals surface area contributed by atoms with Crippen molar-refractivity contribution in [1.29, 1.82) is 0 Å². The molecule has 2 heterocycles. The molecule has 266 valence electrons. The second-order valence-electron chi connectivity index (χ2n) is 10.7. The van der Waals surface area contributed by atoms with Crippen LogP contribution < -0.4 is 0 Å². The van der Waals surface area contributed by atoms with Gasteiger partial charge in [0.25, 0.3) is 0 Å². The lowest BCUT2D eigenvalue weighted by Crippen LogP contribution is -2.67. The minimum atomic E-state index is -1.73. The van der Waals surface area contributed by atoms with Gasteiger partial charge < -0.3 is 52.5 Å². The number of hydrogen-bond acceptors (Lipinski definition) is 17. The molecule has 2 saturated heterocycles. The van der Waals surface area contributed by atoms with Crippen molar-refractivity contribution in [2.45, 2.75) is 122 Å². The summed E-state index contributed by atoms with van der Waals surface area (Å²) in [5.41, 5.74) is 0. The first kappa shape index (κ1) is 39.5. The van der Waals surface area contributed by atoms with Gasteiger partial charge in [-0.1, -0.05) is 6.08 Å². The highest BCUT2D eigenvalue weighted by Crippen LogP contribution is 2.34. The summed E-state index contributed by atoms with van der Waals surface area (Å²) >= 11 is 0. The van der Waals surface area contributed by atoms with Gasteiger partial charge in [0.2, 0.25) is 0 Å². The minimum Gasteiger partial charge on any atom is -0.463 e. The van der Waals surface area contributed by atoms with Gasteiger partial charge in [-0.15, -0.1) is 6.58 Å². The molecule has 2 fully saturated rings. The van der Waals surface area contributed by atoms with Gasteiger partial charge in [-0.25, -0.2) is 0 Å². The van der Waals surface area contributed by atoms with Crippen LogP contribution in [-0.2, 0) is 76.1 Å². The molecule has 2 aliphatic rings. The average Bonchev–Trinajstić information content (AvgIpc) is 2.96. The third-order valence-corrected chi connectivity index (χ3v) is 6.70. The van der Waals surface area contributed by atoms with Crippen molar-refractivity contribution < 1.29 is 81.2 Å². The topological polar surface area (TPSA) is 215 Å². The molecule has 0 bridgehead atoms. The molecule has 2 aliphatic heterocycles. The second-order valence-corrected chi connectivity index (χ2v) is 10.7. The van der Waals surface area contributed by atoms with Gasteiger partial charge >= 0.3 is 35.8 Å². The molecule has 0 spiro atoms. The highest BCUT2D eigenvalue weighted by Gasteiger charge is 2.56. The smallest absolute Gasteiger partial charge is 0.303 e. The first-order valence-electron chi connectivity index (χ1n) is 15.0. The Balaban J connectivity index is 2.60. The molecule has 1 N–H and O–H groups in total. The van der Waals surface area contributed by atoms with Crippen molar-refractivity contribution >= 4 is 35.8 Å². The van der Waals surface area contributed by atoms with Crippen LogP contribution in [0.4, 0.5) is 0 Å². The summed E-state index contributed by atoms with van der Waals surface area (Å²) < 4.78 is 56.0. The molecular formula is C30H44O17. The molecule has 17 heteroatoms. The summed E-state index contributed by atoms with van der Waals surface area (Å²) in [6.07, 6.45) is -11.4. The first-order valence-corrected chi connectivity index (χ1v) is 15.0.